The fourth-order valence-corrected chi connectivity index (χ4v) is 2.00. The summed E-state index contributed by atoms with van der Waals surface area (Å²) < 4.78 is 10.6. The van der Waals surface area contributed by atoms with Crippen molar-refractivity contribution in [1.29, 1.82) is 0 Å². The van der Waals surface area contributed by atoms with Gasteiger partial charge in [0.1, 0.15) is 5.75 Å². The van der Waals surface area contributed by atoms with E-state index in [0.717, 1.165) is 31.1 Å². The van der Waals surface area contributed by atoms with Gasteiger partial charge in [-0.25, -0.2) is 0 Å². The van der Waals surface area contributed by atoms with Crippen LogP contribution in [-0.4, -0.2) is 26.1 Å². The molecule has 16 heavy (non-hydrogen) atoms. The molecule has 0 amide bonds. The minimum absolute atomic E-state index is 0.830. The first-order valence-corrected chi connectivity index (χ1v) is 6.70. The Hall–Kier alpha value is -0.670. The van der Waals surface area contributed by atoms with Crippen LogP contribution in [0.3, 0.4) is 0 Å². The summed E-state index contributed by atoms with van der Waals surface area (Å²) in [6.07, 6.45) is 2.36. The van der Waals surface area contributed by atoms with Crippen LogP contribution < -0.4 is 4.74 Å². The Morgan fingerprint density at radius 2 is 1.88 bits per heavy atom. The van der Waals surface area contributed by atoms with Crippen LogP contribution in [0.1, 0.15) is 19.8 Å². The molecule has 0 bridgehead atoms. The van der Waals surface area contributed by atoms with Gasteiger partial charge in [0.05, 0.1) is 13.7 Å². The van der Waals surface area contributed by atoms with Crippen LogP contribution in [0.5, 0.6) is 5.75 Å². The third kappa shape index (κ3) is 5.42. The molecule has 0 saturated heterocycles. The van der Waals surface area contributed by atoms with Gasteiger partial charge >= 0.3 is 0 Å². The summed E-state index contributed by atoms with van der Waals surface area (Å²) in [4.78, 5) is 1.26. The molecular formula is C13H20O2S. The predicted octanol–water partition coefficient (Wildman–Crippen LogP) is 3.60. The molecule has 1 rings (SSSR count). The van der Waals surface area contributed by atoms with Crippen LogP contribution in [-0.2, 0) is 4.74 Å². The van der Waals surface area contributed by atoms with Crippen LogP contribution in [0.25, 0.3) is 0 Å². The molecule has 3 heteroatoms. The second kappa shape index (κ2) is 8.48. The third-order valence-corrected chi connectivity index (χ3v) is 3.17. The van der Waals surface area contributed by atoms with Gasteiger partial charge in [-0.2, -0.15) is 0 Å². The molecule has 0 fully saturated rings. The van der Waals surface area contributed by atoms with Crippen molar-refractivity contribution in [3.8, 4) is 5.75 Å². The summed E-state index contributed by atoms with van der Waals surface area (Å²) >= 11 is 1.82. The molecule has 1 aromatic carbocycles. The Morgan fingerprint density at radius 3 is 2.50 bits per heavy atom. The number of hydrogen-bond donors (Lipinski definition) is 0. The van der Waals surface area contributed by atoms with Crippen LogP contribution in [0.15, 0.2) is 29.2 Å². The second-order valence-electron chi connectivity index (χ2n) is 3.49. The molecule has 0 heterocycles. The van der Waals surface area contributed by atoms with E-state index in [2.05, 4.69) is 19.1 Å². The molecule has 0 aromatic heterocycles. The molecule has 0 aliphatic carbocycles. The highest BCUT2D eigenvalue weighted by Crippen LogP contribution is 2.20. The lowest BCUT2D eigenvalue weighted by atomic mass is 10.3. The summed E-state index contributed by atoms with van der Waals surface area (Å²) in [7, 11) is 1.68. The average molecular weight is 240 g/mol. The molecule has 0 aliphatic heterocycles. The van der Waals surface area contributed by atoms with Crippen LogP contribution in [0, 0.1) is 0 Å². The van der Waals surface area contributed by atoms with Gasteiger partial charge in [-0.1, -0.05) is 13.3 Å². The van der Waals surface area contributed by atoms with Gasteiger partial charge in [0.25, 0.3) is 0 Å². The number of unbranched alkanes of at least 4 members (excludes halogenated alkanes) is 1. The highest BCUT2D eigenvalue weighted by molar-refractivity contribution is 7.99. The molecular weight excluding hydrogens is 220 g/mol. The summed E-state index contributed by atoms with van der Waals surface area (Å²) in [6, 6.07) is 8.13. The Kier molecular flexibility index (Phi) is 7.10. The highest BCUT2D eigenvalue weighted by atomic mass is 32.2. The van der Waals surface area contributed by atoms with Crippen molar-refractivity contribution in [2.24, 2.45) is 0 Å². The van der Waals surface area contributed by atoms with Crippen LogP contribution >= 0.6 is 11.8 Å². The van der Waals surface area contributed by atoms with Gasteiger partial charge in [0.15, 0.2) is 0 Å². The first-order valence-electron chi connectivity index (χ1n) is 5.71. The number of benzene rings is 1. The van der Waals surface area contributed by atoms with Crippen molar-refractivity contribution in [3.63, 3.8) is 0 Å². The van der Waals surface area contributed by atoms with Gasteiger partial charge < -0.3 is 9.47 Å². The predicted molar refractivity (Wildman–Crippen MR) is 69.4 cm³/mol. The second-order valence-corrected chi connectivity index (χ2v) is 4.66. The number of rotatable bonds is 8. The van der Waals surface area contributed by atoms with Crippen molar-refractivity contribution in [3.05, 3.63) is 24.3 Å². The normalized spacial score (nSPS) is 10.4. The maximum Gasteiger partial charge on any atom is 0.118 e. The SMILES string of the molecule is CCCCOCCSc1ccc(OC)cc1. The molecule has 0 radical (unpaired) electrons. The minimum Gasteiger partial charge on any atom is -0.497 e. The van der Waals surface area contributed by atoms with Crippen molar-refractivity contribution >= 4 is 11.8 Å². The van der Waals surface area contributed by atoms with Crippen molar-refractivity contribution in [2.75, 3.05) is 26.1 Å². The zero-order valence-electron chi connectivity index (χ0n) is 10.1. The Bertz CT molecular complexity index is 272. The fraction of sp³-hybridized carbons (Fsp3) is 0.538. The van der Waals surface area contributed by atoms with Crippen molar-refractivity contribution in [2.45, 2.75) is 24.7 Å². The quantitative estimate of drug-likeness (QED) is 0.511. The third-order valence-electron chi connectivity index (χ3n) is 2.20. The van der Waals surface area contributed by atoms with Crippen molar-refractivity contribution in [1.82, 2.24) is 0 Å². The van der Waals surface area contributed by atoms with E-state index in [-0.39, 0.29) is 0 Å². The monoisotopic (exact) mass is 240 g/mol. The minimum atomic E-state index is 0.830. The fourth-order valence-electron chi connectivity index (χ4n) is 1.24. The summed E-state index contributed by atoms with van der Waals surface area (Å²) in [5.74, 6) is 1.92. The van der Waals surface area contributed by atoms with Crippen LogP contribution in [0.4, 0.5) is 0 Å². The van der Waals surface area contributed by atoms with Gasteiger partial charge in [0.2, 0.25) is 0 Å². The zero-order valence-corrected chi connectivity index (χ0v) is 10.9. The maximum atomic E-state index is 5.50. The first kappa shape index (κ1) is 13.4. The average Bonchev–Trinajstić information content (AvgIpc) is 2.34. The van der Waals surface area contributed by atoms with E-state index in [0.29, 0.717) is 0 Å². The summed E-state index contributed by atoms with van der Waals surface area (Å²) in [5.41, 5.74) is 0. The highest BCUT2D eigenvalue weighted by Gasteiger charge is 1.95. The van der Waals surface area contributed by atoms with E-state index in [9.17, 15) is 0 Å². The van der Waals surface area contributed by atoms with E-state index < -0.39 is 0 Å². The number of hydrogen-bond acceptors (Lipinski definition) is 3. The molecule has 2 nitrogen and oxygen atoms in total. The zero-order chi connectivity index (χ0) is 11.6. The number of ether oxygens (including phenoxy) is 2. The van der Waals surface area contributed by atoms with Gasteiger partial charge in [0, 0.05) is 17.3 Å². The smallest absolute Gasteiger partial charge is 0.118 e. The molecule has 0 spiro atoms. The maximum absolute atomic E-state index is 5.50. The molecule has 1 aromatic rings. The van der Waals surface area contributed by atoms with E-state index in [1.165, 1.54) is 11.3 Å². The van der Waals surface area contributed by atoms with Crippen molar-refractivity contribution < 1.29 is 9.47 Å². The molecule has 0 N–H and O–H groups in total. The van der Waals surface area contributed by atoms with E-state index in [1.807, 2.05) is 23.9 Å². The summed E-state index contributed by atoms with van der Waals surface area (Å²) in [5, 5.41) is 0. The lowest BCUT2D eigenvalue weighted by Gasteiger charge is -2.04. The Balaban J connectivity index is 2.12. The molecule has 0 saturated carbocycles. The van der Waals surface area contributed by atoms with Crippen LogP contribution in [0.2, 0.25) is 0 Å². The molecule has 90 valence electrons. The lowest BCUT2D eigenvalue weighted by Crippen LogP contribution is -1.98. The standard InChI is InChI=1S/C13H20O2S/c1-3-4-9-15-10-11-16-13-7-5-12(14-2)6-8-13/h5-8H,3-4,9-11H2,1-2H3. The van der Waals surface area contributed by atoms with E-state index in [4.69, 9.17) is 9.47 Å². The van der Waals surface area contributed by atoms with Gasteiger partial charge in [-0.05, 0) is 30.7 Å². The first-order chi connectivity index (χ1) is 7.86. The Morgan fingerprint density at radius 1 is 1.12 bits per heavy atom. The topological polar surface area (TPSA) is 18.5 Å². The lowest BCUT2D eigenvalue weighted by molar-refractivity contribution is 0.147. The molecule has 0 unspecified atom stereocenters. The van der Waals surface area contributed by atoms with E-state index >= 15 is 0 Å². The summed E-state index contributed by atoms with van der Waals surface area (Å²) in [6.45, 7) is 3.89. The van der Waals surface area contributed by atoms with Gasteiger partial charge in [-0.3, -0.25) is 0 Å². The van der Waals surface area contributed by atoms with Gasteiger partial charge in [-0.15, -0.1) is 11.8 Å². The largest absolute Gasteiger partial charge is 0.497 e. The number of methoxy groups -OCH3 is 1. The molecule has 0 atom stereocenters. The number of thioether (sulfide) groups is 1. The Labute approximate surface area is 102 Å². The molecule has 0 aliphatic rings. The van der Waals surface area contributed by atoms with E-state index in [1.54, 1.807) is 7.11 Å².